The Morgan fingerprint density at radius 2 is 2.16 bits per heavy atom. The summed E-state index contributed by atoms with van der Waals surface area (Å²) in [5.41, 5.74) is 2.04. The second-order valence-electron chi connectivity index (χ2n) is 6.39. The molecular weight excluding hydrogens is 256 g/mol. The Balaban J connectivity index is 1.56. The van der Waals surface area contributed by atoms with Gasteiger partial charge in [0.05, 0.1) is 24.9 Å². The fraction of sp³-hybridized carbons (Fsp3) is 0.800. The summed E-state index contributed by atoms with van der Waals surface area (Å²) in [6.45, 7) is 2.58. The van der Waals surface area contributed by atoms with Gasteiger partial charge in [-0.05, 0) is 37.5 Å². The normalized spacial score (nSPS) is 29.6. The van der Waals surface area contributed by atoms with Crippen LogP contribution in [-0.4, -0.2) is 24.7 Å². The minimum atomic E-state index is 0.337. The fourth-order valence-electron chi connectivity index (χ4n) is 3.97. The van der Waals surface area contributed by atoms with Crippen molar-refractivity contribution in [3.63, 3.8) is 0 Å². The number of hydrogen-bond donors (Lipinski definition) is 1. The Morgan fingerprint density at radius 1 is 1.26 bits per heavy atom. The van der Waals surface area contributed by atoms with Crippen LogP contribution in [0, 0.1) is 5.41 Å². The average Bonchev–Trinajstić information content (AvgIpc) is 3.07. The van der Waals surface area contributed by atoms with E-state index in [0.717, 1.165) is 19.8 Å². The molecule has 1 aliphatic heterocycles. The molecule has 2 aliphatic carbocycles. The summed E-state index contributed by atoms with van der Waals surface area (Å²) in [6, 6.07) is 0.337. The second kappa shape index (κ2) is 4.83. The number of thiazole rings is 1. The van der Waals surface area contributed by atoms with Gasteiger partial charge in [-0.25, -0.2) is 4.98 Å². The largest absolute Gasteiger partial charge is 0.378 e. The van der Waals surface area contributed by atoms with E-state index < -0.39 is 0 Å². The molecule has 2 fully saturated rings. The van der Waals surface area contributed by atoms with Crippen LogP contribution in [0.15, 0.2) is 0 Å². The van der Waals surface area contributed by atoms with Crippen LogP contribution in [0.4, 0.5) is 0 Å². The molecular formula is C15H22N2OS. The molecule has 4 rings (SSSR count). The van der Waals surface area contributed by atoms with Crippen molar-refractivity contribution in [1.29, 1.82) is 0 Å². The van der Waals surface area contributed by atoms with Crippen molar-refractivity contribution in [2.75, 3.05) is 19.8 Å². The number of hydrogen-bond acceptors (Lipinski definition) is 4. The molecule has 1 saturated carbocycles. The van der Waals surface area contributed by atoms with Crippen LogP contribution in [0.25, 0.3) is 0 Å². The summed E-state index contributed by atoms with van der Waals surface area (Å²) in [7, 11) is 0. The summed E-state index contributed by atoms with van der Waals surface area (Å²) in [5, 5.41) is 4.79. The lowest BCUT2D eigenvalue weighted by molar-refractivity contribution is 0.0767. The molecule has 1 N–H and O–H groups in total. The number of nitrogens with zero attached hydrogens (tertiary/aromatic N) is 1. The molecule has 1 saturated heterocycles. The van der Waals surface area contributed by atoms with Crippen LogP contribution in [0.5, 0.6) is 0 Å². The van der Waals surface area contributed by atoms with E-state index in [9.17, 15) is 0 Å². The third-order valence-corrected chi connectivity index (χ3v) is 6.32. The summed E-state index contributed by atoms with van der Waals surface area (Å²) in [5.74, 6) is 0. The van der Waals surface area contributed by atoms with Gasteiger partial charge in [-0.3, -0.25) is 0 Å². The lowest BCUT2D eigenvalue weighted by Crippen LogP contribution is -2.34. The maximum absolute atomic E-state index is 5.57. The first-order valence-electron chi connectivity index (χ1n) is 7.64. The molecule has 1 spiro atoms. The lowest BCUT2D eigenvalue weighted by Gasteiger charge is -2.32. The molecule has 2 heterocycles. The van der Waals surface area contributed by atoms with E-state index in [1.807, 2.05) is 11.3 Å². The number of aromatic nitrogens is 1. The van der Waals surface area contributed by atoms with Gasteiger partial charge in [-0.15, -0.1) is 11.3 Å². The quantitative estimate of drug-likeness (QED) is 0.857. The zero-order chi connectivity index (χ0) is 12.7. The summed E-state index contributed by atoms with van der Waals surface area (Å²) in [6.07, 6.45) is 9.66. The summed E-state index contributed by atoms with van der Waals surface area (Å²) in [4.78, 5) is 6.48. The Morgan fingerprint density at radius 3 is 2.95 bits per heavy atom. The van der Waals surface area contributed by atoms with Crippen molar-refractivity contribution in [2.45, 2.75) is 51.0 Å². The number of nitrogens with one attached hydrogen (secondary N) is 1. The van der Waals surface area contributed by atoms with Gasteiger partial charge in [-0.1, -0.05) is 12.8 Å². The predicted octanol–water partition coefficient (Wildman–Crippen LogP) is 2.85. The summed E-state index contributed by atoms with van der Waals surface area (Å²) >= 11 is 1.95. The van der Waals surface area contributed by atoms with Crippen LogP contribution in [0.1, 0.15) is 53.7 Å². The molecule has 1 aromatic heterocycles. The smallest absolute Gasteiger partial charge is 0.112 e. The number of fused-ring (bicyclic) bond motifs is 1. The van der Waals surface area contributed by atoms with Crippen LogP contribution in [0.2, 0.25) is 0 Å². The van der Waals surface area contributed by atoms with Gasteiger partial charge < -0.3 is 10.1 Å². The first kappa shape index (κ1) is 12.3. The minimum Gasteiger partial charge on any atom is -0.378 e. The van der Waals surface area contributed by atoms with Crippen LogP contribution < -0.4 is 5.32 Å². The molecule has 4 heteroatoms. The molecule has 1 aromatic rings. The fourth-order valence-corrected chi connectivity index (χ4v) is 5.32. The molecule has 3 nitrogen and oxygen atoms in total. The Labute approximate surface area is 118 Å². The highest BCUT2D eigenvalue weighted by atomic mass is 32.1. The van der Waals surface area contributed by atoms with E-state index in [1.54, 1.807) is 4.88 Å². The molecule has 0 bridgehead atoms. The molecule has 0 radical (unpaired) electrons. The minimum absolute atomic E-state index is 0.337. The van der Waals surface area contributed by atoms with Crippen molar-refractivity contribution in [1.82, 2.24) is 10.3 Å². The Hall–Kier alpha value is -0.450. The first-order valence-corrected chi connectivity index (χ1v) is 8.46. The van der Waals surface area contributed by atoms with E-state index in [2.05, 4.69) is 5.32 Å². The molecule has 0 aromatic carbocycles. The number of morpholine rings is 1. The molecule has 1 atom stereocenters. The van der Waals surface area contributed by atoms with Gasteiger partial charge in [0, 0.05) is 11.4 Å². The van der Waals surface area contributed by atoms with Crippen molar-refractivity contribution >= 4 is 11.3 Å². The van der Waals surface area contributed by atoms with Gasteiger partial charge in [-0.2, -0.15) is 0 Å². The number of rotatable bonds is 1. The van der Waals surface area contributed by atoms with Gasteiger partial charge in [0.2, 0.25) is 0 Å². The van der Waals surface area contributed by atoms with E-state index >= 15 is 0 Å². The molecule has 104 valence electrons. The third-order valence-electron chi connectivity index (χ3n) is 5.11. The van der Waals surface area contributed by atoms with Crippen LogP contribution in [-0.2, 0) is 17.6 Å². The topological polar surface area (TPSA) is 34.1 Å². The standard InChI is InChI=1S/C15H22N2OS/c1-2-5-15(4-1)6-3-11-13(9-15)19-14(17-11)12-10-18-8-7-16-12/h12,16H,1-10H2. The highest BCUT2D eigenvalue weighted by Crippen LogP contribution is 2.49. The highest BCUT2D eigenvalue weighted by molar-refractivity contribution is 7.11. The number of ether oxygens (including phenoxy) is 1. The average molecular weight is 278 g/mol. The number of aryl methyl sites for hydroxylation is 1. The monoisotopic (exact) mass is 278 g/mol. The van der Waals surface area contributed by atoms with E-state index in [1.165, 1.54) is 55.6 Å². The van der Waals surface area contributed by atoms with Gasteiger partial charge in [0.1, 0.15) is 5.01 Å². The Bertz CT molecular complexity index is 459. The maximum atomic E-state index is 5.57. The highest BCUT2D eigenvalue weighted by Gasteiger charge is 2.38. The van der Waals surface area contributed by atoms with Crippen LogP contribution >= 0.6 is 11.3 Å². The van der Waals surface area contributed by atoms with Crippen LogP contribution in [0.3, 0.4) is 0 Å². The molecule has 3 aliphatic rings. The van der Waals surface area contributed by atoms with Crippen molar-refractivity contribution < 1.29 is 4.74 Å². The first-order chi connectivity index (χ1) is 9.35. The molecule has 0 amide bonds. The zero-order valence-corrected chi connectivity index (χ0v) is 12.2. The summed E-state index contributed by atoms with van der Waals surface area (Å²) < 4.78 is 5.57. The van der Waals surface area contributed by atoms with Crippen molar-refractivity contribution in [3.8, 4) is 0 Å². The molecule has 1 unspecified atom stereocenters. The lowest BCUT2D eigenvalue weighted by atomic mass is 9.74. The second-order valence-corrected chi connectivity index (χ2v) is 7.50. The SMILES string of the molecule is C1CCC2(C1)CCc1nc(C3COCCN3)sc1C2. The van der Waals surface area contributed by atoms with Gasteiger partial charge >= 0.3 is 0 Å². The van der Waals surface area contributed by atoms with Gasteiger partial charge in [0.15, 0.2) is 0 Å². The zero-order valence-electron chi connectivity index (χ0n) is 11.4. The third kappa shape index (κ3) is 2.24. The van der Waals surface area contributed by atoms with Crippen molar-refractivity contribution in [3.05, 3.63) is 15.6 Å². The van der Waals surface area contributed by atoms with Crippen molar-refractivity contribution in [2.24, 2.45) is 5.41 Å². The molecule has 19 heavy (non-hydrogen) atoms. The van der Waals surface area contributed by atoms with E-state index in [0.29, 0.717) is 11.5 Å². The predicted molar refractivity (Wildman–Crippen MR) is 76.6 cm³/mol. The van der Waals surface area contributed by atoms with Gasteiger partial charge in [0.25, 0.3) is 0 Å². The van der Waals surface area contributed by atoms with E-state index in [-0.39, 0.29) is 0 Å². The Kier molecular flexibility index (Phi) is 3.13. The van der Waals surface area contributed by atoms with E-state index in [4.69, 9.17) is 9.72 Å². The maximum Gasteiger partial charge on any atom is 0.112 e.